The lowest BCUT2D eigenvalue weighted by Gasteiger charge is -2.08. The van der Waals surface area contributed by atoms with Crippen LogP contribution in [-0.4, -0.2) is 16.5 Å². The second-order valence-electron chi connectivity index (χ2n) is 3.10. The van der Waals surface area contributed by atoms with Gasteiger partial charge in [0.15, 0.2) is 0 Å². The number of aryl methyl sites for hydroxylation is 2. The van der Waals surface area contributed by atoms with Crippen molar-refractivity contribution in [3.8, 4) is 5.75 Å². The zero-order valence-corrected chi connectivity index (χ0v) is 8.03. The summed E-state index contributed by atoms with van der Waals surface area (Å²) in [4.78, 5) is 4.26. The Morgan fingerprint density at radius 3 is 2.85 bits per heavy atom. The van der Waals surface area contributed by atoms with E-state index in [1.807, 2.05) is 30.5 Å². The molecular weight excluding hydrogens is 164 g/mol. The van der Waals surface area contributed by atoms with E-state index < -0.39 is 0 Å². The van der Waals surface area contributed by atoms with Gasteiger partial charge in [0.05, 0.1) is 12.8 Å². The van der Waals surface area contributed by atoms with Crippen LogP contribution in [0.15, 0.2) is 18.5 Å². The number of fused-ring (bicyclic) bond motifs is 1. The van der Waals surface area contributed by atoms with E-state index in [1.165, 1.54) is 0 Å². The summed E-state index contributed by atoms with van der Waals surface area (Å²) in [5, 5.41) is 0. The molecule has 68 valence electrons. The summed E-state index contributed by atoms with van der Waals surface area (Å²) in [6.07, 6.45) is 3.74. The van der Waals surface area contributed by atoms with Gasteiger partial charge >= 0.3 is 0 Å². The molecule has 0 fully saturated rings. The van der Waals surface area contributed by atoms with E-state index in [0.717, 1.165) is 22.7 Å². The van der Waals surface area contributed by atoms with Crippen LogP contribution >= 0.6 is 0 Å². The Bertz CT molecular complexity index is 445. The monoisotopic (exact) mass is 176 g/mol. The van der Waals surface area contributed by atoms with E-state index in [1.54, 1.807) is 13.3 Å². The molecule has 2 heterocycles. The highest BCUT2D eigenvalue weighted by molar-refractivity contribution is 5.52. The summed E-state index contributed by atoms with van der Waals surface area (Å²) in [5.41, 5.74) is 3.21. The van der Waals surface area contributed by atoms with Crippen LogP contribution in [0.25, 0.3) is 5.65 Å². The van der Waals surface area contributed by atoms with Gasteiger partial charge in [0.2, 0.25) is 0 Å². The number of imidazole rings is 1. The average molecular weight is 176 g/mol. The zero-order chi connectivity index (χ0) is 9.42. The van der Waals surface area contributed by atoms with Gasteiger partial charge in [0, 0.05) is 12.4 Å². The largest absolute Gasteiger partial charge is 0.495 e. The summed E-state index contributed by atoms with van der Waals surface area (Å²) >= 11 is 0. The van der Waals surface area contributed by atoms with Gasteiger partial charge in [-0.1, -0.05) is 0 Å². The molecule has 0 aliphatic carbocycles. The van der Waals surface area contributed by atoms with Crippen LogP contribution in [0.2, 0.25) is 0 Å². The zero-order valence-electron chi connectivity index (χ0n) is 8.03. The Morgan fingerprint density at radius 2 is 2.15 bits per heavy atom. The predicted molar refractivity (Wildman–Crippen MR) is 51.2 cm³/mol. The normalized spacial score (nSPS) is 10.7. The third kappa shape index (κ3) is 1.08. The molecule has 3 heteroatoms. The number of nitrogens with zero attached hydrogens (tertiary/aromatic N) is 2. The number of hydrogen-bond donors (Lipinski definition) is 0. The number of pyridine rings is 1. The first kappa shape index (κ1) is 8.10. The van der Waals surface area contributed by atoms with Crippen LogP contribution in [-0.2, 0) is 0 Å². The molecule has 2 rings (SSSR count). The molecule has 0 saturated carbocycles. The second-order valence-corrected chi connectivity index (χ2v) is 3.10. The maximum Gasteiger partial charge on any atom is 0.140 e. The van der Waals surface area contributed by atoms with Crippen LogP contribution in [0.3, 0.4) is 0 Å². The third-order valence-electron chi connectivity index (χ3n) is 2.28. The summed E-state index contributed by atoms with van der Waals surface area (Å²) in [6, 6.07) is 2.01. The first-order valence-electron chi connectivity index (χ1n) is 4.21. The van der Waals surface area contributed by atoms with Crippen molar-refractivity contribution in [1.82, 2.24) is 9.38 Å². The van der Waals surface area contributed by atoms with Gasteiger partial charge < -0.3 is 9.14 Å². The lowest BCUT2D eigenvalue weighted by molar-refractivity contribution is 0.408. The minimum Gasteiger partial charge on any atom is -0.495 e. The van der Waals surface area contributed by atoms with Crippen LogP contribution in [0, 0.1) is 13.8 Å². The quantitative estimate of drug-likeness (QED) is 0.664. The molecular formula is C10H12N2O. The molecule has 13 heavy (non-hydrogen) atoms. The number of hydrogen-bond acceptors (Lipinski definition) is 2. The molecule has 0 aliphatic rings. The van der Waals surface area contributed by atoms with Crippen LogP contribution < -0.4 is 4.74 Å². The fraction of sp³-hybridized carbons (Fsp3) is 0.300. The molecule has 0 aromatic carbocycles. The summed E-state index contributed by atoms with van der Waals surface area (Å²) in [7, 11) is 1.69. The fourth-order valence-electron chi connectivity index (χ4n) is 1.56. The van der Waals surface area contributed by atoms with Gasteiger partial charge in [-0.05, 0) is 25.5 Å². The summed E-state index contributed by atoms with van der Waals surface area (Å²) in [6.45, 7) is 4.05. The molecule has 0 aliphatic heterocycles. The molecule has 3 nitrogen and oxygen atoms in total. The maximum absolute atomic E-state index is 5.25. The van der Waals surface area contributed by atoms with Gasteiger partial charge in [-0.15, -0.1) is 0 Å². The molecule has 0 spiro atoms. The smallest absolute Gasteiger partial charge is 0.140 e. The van der Waals surface area contributed by atoms with E-state index in [4.69, 9.17) is 4.74 Å². The van der Waals surface area contributed by atoms with Crippen molar-refractivity contribution in [3.05, 3.63) is 29.7 Å². The number of methoxy groups -OCH3 is 1. The van der Waals surface area contributed by atoms with Crippen LogP contribution in [0.4, 0.5) is 0 Å². The van der Waals surface area contributed by atoms with E-state index in [9.17, 15) is 0 Å². The molecule has 0 bridgehead atoms. The molecule has 0 amide bonds. The summed E-state index contributed by atoms with van der Waals surface area (Å²) < 4.78 is 7.29. The first-order chi connectivity index (χ1) is 6.24. The minimum atomic E-state index is 0.906. The highest BCUT2D eigenvalue weighted by Crippen LogP contribution is 2.21. The van der Waals surface area contributed by atoms with Crippen molar-refractivity contribution >= 4 is 5.65 Å². The van der Waals surface area contributed by atoms with Gasteiger partial charge in [0.1, 0.15) is 11.4 Å². The Morgan fingerprint density at radius 1 is 1.38 bits per heavy atom. The SMILES string of the molecule is COc1cc(C)c2nccn2c1C. The number of aromatic nitrogens is 2. The van der Waals surface area contributed by atoms with Crippen molar-refractivity contribution in [2.75, 3.05) is 7.11 Å². The van der Waals surface area contributed by atoms with Crippen molar-refractivity contribution in [3.63, 3.8) is 0 Å². The van der Waals surface area contributed by atoms with Crippen molar-refractivity contribution in [2.24, 2.45) is 0 Å². The Labute approximate surface area is 77.0 Å². The lowest BCUT2D eigenvalue weighted by Crippen LogP contribution is -1.97. The van der Waals surface area contributed by atoms with Crippen LogP contribution in [0.1, 0.15) is 11.3 Å². The molecule has 0 N–H and O–H groups in total. The van der Waals surface area contributed by atoms with Crippen molar-refractivity contribution in [1.29, 1.82) is 0 Å². The van der Waals surface area contributed by atoms with E-state index in [2.05, 4.69) is 4.98 Å². The topological polar surface area (TPSA) is 26.5 Å². The van der Waals surface area contributed by atoms with Crippen molar-refractivity contribution in [2.45, 2.75) is 13.8 Å². The van der Waals surface area contributed by atoms with E-state index in [0.29, 0.717) is 0 Å². The van der Waals surface area contributed by atoms with E-state index in [-0.39, 0.29) is 0 Å². The molecule has 2 aromatic rings. The Hall–Kier alpha value is -1.51. The fourth-order valence-corrected chi connectivity index (χ4v) is 1.56. The predicted octanol–water partition coefficient (Wildman–Crippen LogP) is 1.96. The Kier molecular flexibility index (Phi) is 1.72. The van der Waals surface area contributed by atoms with Gasteiger partial charge in [-0.3, -0.25) is 0 Å². The average Bonchev–Trinajstić information content (AvgIpc) is 2.60. The molecule has 0 saturated heterocycles. The third-order valence-corrected chi connectivity index (χ3v) is 2.28. The minimum absolute atomic E-state index is 0.906. The molecule has 0 unspecified atom stereocenters. The maximum atomic E-state index is 5.25. The van der Waals surface area contributed by atoms with Gasteiger partial charge in [-0.25, -0.2) is 4.98 Å². The first-order valence-corrected chi connectivity index (χ1v) is 4.21. The second kappa shape index (κ2) is 2.76. The van der Waals surface area contributed by atoms with Gasteiger partial charge in [0.25, 0.3) is 0 Å². The standard InChI is InChI=1S/C10H12N2O/c1-7-6-9(13-3)8(2)12-5-4-11-10(7)12/h4-6H,1-3H3. The number of rotatable bonds is 1. The lowest BCUT2D eigenvalue weighted by atomic mass is 10.2. The number of ether oxygens (including phenoxy) is 1. The van der Waals surface area contributed by atoms with Gasteiger partial charge in [-0.2, -0.15) is 0 Å². The highest BCUT2D eigenvalue weighted by atomic mass is 16.5. The molecule has 2 aromatic heterocycles. The highest BCUT2D eigenvalue weighted by Gasteiger charge is 2.06. The van der Waals surface area contributed by atoms with Crippen molar-refractivity contribution < 1.29 is 4.74 Å². The van der Waals surface area contributed by atoms with Crippen LogP contribution in [0.5, 0.6) is 5.75 Å². The van der Waals surface area contributed by atoms with E-state index >= 15 is 0 Å². The Balaban J connectivity index is 2.85. The summed E-state index contributed by atoms with van der Waals surface area (Å²) in [5.74, 6) is 0.906. The molecule has 0 radical (unpaired) electrons. The molecule has 0 atom stereocenters.